The summed E-state index contributed by atoms with van der Waals surface area (Å²) in [6.45, 7) is 9.31. The Labute approximate surface area is 216 Å². The van der Waals surface area contributed by atoms with Crippen LogP contribution in [0.2, 0.25) is 0 Å². The number of aryl methyl sites for hydroxylation is 2. The molecule has 0 bridgehead atoms. The van der Waals surface area contributed by atoms with Crippen LogP contribution < -0.4 is 0 Å². The van der Waals surface area contributed by atoms with Crippen LogP contribution in [-0.4, -0.2) is 0 Å². The van der Waals surface area contributed by atoms with Gasteiger partial charge in [0.1, 0.15) is 0 Å². The van der Waals surface area contributed by atoms with E-state index >= 15 is 0 Å². The molecule has 0 aliphatic rings. The highest BCUT2D eigenvalue weighted by Gasteiger charge is 2.13. The highest BCUT2D eigenvalue weighted by molar-refractivity contribution is 5.42. The zero-order valence-corrected chi connectivity index (χ0v) is 24.1. The van der Waals surface area contributed by atoms with Crippen LogP contribution in [0, 0.1) is 0 Å². The van der Waals surface area contributed by atoms with E-state index in [4.69, 9.17) is 0 Å². The van der Waals surface area contributed by atoms with Gasteiger partial charge in [0.2, 0.25) is 0 Å². The van der Waals surface area contributed by atoms with Gasteiger partial charge >= 0.3 is 0 Å². The largest absolute Gasteiger partial charge is 0.0654 e. The van der Waals surface area contributed by atoms with Crippen LogP contribution in [0.5, 0.6) is 0 Å². The first-order valence-electron chi connectivity index (χ1n) is 15.9. The van der Waals surface area contributed by atoms with Crippen molar-refractivity contribution in [2.75, 3.05) is 0 Å². The monoisotopic (exact) mass is 470 g/mol. The van der Waals surface area contributed by atoms with Gasteiger partial charge in [-0.3, -0.25) is 0 Å². The first kappa shape index (κ1) is 31.3. The minimum Gasteiger partial charge on any atom is -0.0654 e. The minimum atomic E-state index is 1.31. The van der Waals surface area contributed by atoms with Gasteiger partial charge in [-0.05, 0) is 73.6 Å². The highest BCUT2D eigenvalue weighted by atomic mass is 14.2. The van der Waals surface area contributed by atoms with E-state index in [-0.39, 0.29) is 0 Å². The summed E-state index contributed by atoms with van der Waals surface area (Å²) in [7, 11) is 0. The molecule has 1 aromatic rings. The van der Waals surface area contributed by atoms with Crippen LogP contribution in [0.25, 0.3) is 0 Å². The quantitative estimate of drug-likeness (QED) is 0.132. The van der Waals surface area contributed by atoms with E-state index in [1.807, 2.05) is 0 Å². The lowest BCUT2D eigenvalue weighted by atomic mass is 9.85. The standard InChI is InChI=1S/C34H62/c1-5-9-13-17-20-24-28-34-31(25-21-16-12-8-4)29-30-32(26-22-18-14-10-6-2)33(34)27-23-19-15-11-7-3/h29-30H,5-28H2,1-4H3. The second-order valence-electron chi connectivity index (χ2n) is 11.0. The van der Waals surface area contributed by atoms with Crippen LogP contribution in [0.4, 0.5) is 0 Å². The van der Waals surface area contributed by atoms with Gasteiger partial charge in [0.15, 0.2) is 0 Å². The Kier molecular flexibility index (Phi) is 20.8. The van der Waals surface area contributed by atoms with Gasteiger partial charge in [0, 0.05) is 0 Å². The maximum Gasteiger partial charge on any atom is -0.0273 e. The molecule has 0 saturated carbocycles. The van der Waals surface area contributed by atoms with Gasteiger partial charge in [-0.2, -0.15) is 0 Å². The van der Waals surface area contributed by atoms with Crippen molar-refractivity contribution in [3.05, 3.63) is 34.4 Å². The average Bonchev–Trinajstić information content (AvgIpc) is 2.85. The summed E-state index contributed by atoms with van der Waals surface area (Å²) in [6, 6.07) is 5.11. The molecule has 0 atom stereocenters. The Balaban J connectivity index is 2.94. The van der Waals surface area contributed by atoms with Gasteiger partial charge in [-0.25, -0.2) is 0 Å². The lowest BCUT2D eigenvalue weighted by Crippen LogP contribution is -2.07. The molecule has 0 spiro atoms. The van der Waals surface area contributed by atoms with E-state index in [0.29, 0.717) is 0 Å². The van der Waals surface area contributed by atoms with Crippen molar-refractivity contribution in [2.45, 2.75) is 182 Å². The van der Waals surface area contributed by atoms with E-state index in [9.17, 15) is 0 Å². The molecule has 0 aliphatic heterocycles. The summed E-state index contributed by atoms with van der Waals surface area (Å²) in [4.78, 5) is 0. The normalized spacial score (nSPS) is 11.4. The van der Waals surface area contributed by atoms with Crippen molar-refractivity contribution in [2.24, 2.45) is 0 Å². The molecule has 0 radical (unpaired) electrons. The number of unbranched alkanes of at least 4 members (excludes halogenated alkanes) is 16. The molecule has 0 heterocycles. The van der Waals surface area contributed by atoms with Crippen LogP contribution >= 0.6 is 0 Å². The second kappa shape index (κ2) is 22.7. The Hall–Kier alpha value is -0.780. The van der Waals surface area contributed by atoms with Crippen molar-refractivity contribution in [3.8, 4) is 0 Å². The van der Waals surface area contributed by atoms with Crippen molar-refractivity contribution in [1.29, 1.82) is 0 Å². The third-order valence-corrected chi connectivity index (χ3v) is 7.79. The fourth-order valence-corrected chi connectivity index (χ4v) is 5.53. The first-order valence-corrected chi connectivity index (χ1v) is 15.9. The molecular weight excluding hydrogens is 408 g/mol. The molecule has 1 aromatic carbocycles. The number of benzene rings is 1. The molecule has 0 aromatic heterocycles. The molecule has 0 unspecified atom stereocenters. The van der Waals surface area contributed by atoms with Crippen LogP contribution in [0.3, 0.4) is 0 Å². The van der Waals surface area contributed by atoms with Crippen LogP contribution in [0.1, 0.15) is 178 Å². The predicted molar refractivity (Wildman–Crippen MR) is 156 cm³/mol. The van der Waals surface area contributed by atoms with E-state index < -0.39 is 0 Å². The SMILES string of the molecule is CCCCCCCCc1c(CCCCCC)ccc(CCCCCCC)c1CCCCCCC. The highest BCUT2D eigenvalue weighted by Crippen LogP contribution is 2.28. The Bertz CT molecular complexity index is 570. The first-order chi connectivity index (χ1) is 16.8. The second-order valence-corrected chi connectivity index (χ2v) is 11.0. The molecule has 34 heavy (non-hydrogen) atoms. The van der Waals surface area contributed by atoms with Crippen molar-refractivity contribution < 1.29 is 0 Å². The summed E-state index contributed by atoms with van der Waals surface area (Å²) >= 11 is 0. The van der Waals surface area contributed by atoms with Gasteiger partial charge in [0.05, 0.1) is 0 Å². The zero-order valence-electron chi connectivity index (χ0n) is 24.1. The third kappa shape index (κ3) is 14.6. The van der Waals surface area contributed by atoms with Crippen LogP contribution in [-0.2, 0) is 25.7 Å². The number of hydrogen-bond acceptors (Lipinski definition) is 0. The lowest BCUT2D eigenvalue weighted by Gasteiger charge is -2.20. The molecule has 0 aliphatic carbocycles. The predicted octanol–water partition coefficient (Wildman–Crippen LogP) is 11.7. The number of rotatable bonds is 24. The summed E-state index contributed by atoms with van der Waals surface area (Å²) in [5.41, 5.74) is 7.02. The minimum absolute atomic E-state index is 1.31. The summed E-state index contributed by atoms with van der Waals surface area (Å²) in [5, 5.41) is 0. The van der Waals surface area contributed by atoms with Gasteiger partial charge in [-0.1, -0.05) is 143 Å². The van der Waals surface area contributed by atoms with Gasteiger partial charge < -0.3 is 0 Å². The van der Waals surface area contributed by atoms with Crippen molar-refractivity contribution in [3.63, 3.8) is 0 Å². The van der Waals surface area contributed by atoms with E-state index in [1.165, 1.54) is 154 Å². The zero-order chi connectivity index (χ0) is 24.7. The Morgan fingerprint density at radius 1 is 0.324 bits per heavy atom. The third-order valence-electron chi connectivity index (χ3n) is 7.79. The van der Waals surface area contributed by atoms with Gasteiger partial charge in [-0.15, -0.1) is 0 Å². The van der Waals surface area contributed by atoms with E-state index in [0.717, 1.165) is 0 Å². The average molecular weight is 471 g/mol. The van der Waals surface area contributed by atoms with Crippen molar-refractivity contribution >= 4 is 0 Å². The summed E-state index contributed by atoms with van der Waals surface area (Å²) in [6.07, 6.45) is 33.2. The molecule has 198 valence electrons. The lowest BCUT2D eigenvalue weighted by molar-refractivity contribution is 0.598. The van der Waals surface area contributed by atoms with E-state index in [1.54, 1.807) is 22.3 Å². The molecule has 0 heteroatoms. The molecular formula is C34H62. The van der Waals surface area contributed by atoms with Crippen molar-refractivity contribution in [1.82, 2.24) is 0 Å². The fourth-order valence-electron chi connectivity index (χ4n) is 5.53. The topological polar surface area (TPSA) is 0 Å². The molecule has 0 nitrogen and oxygen atoms in total. The fraction of sp³-hybridized carbons (Fsp3) is 0.824. The Morgan fingerprint density at radius 2 is 0.588 bits per heavy atom. The molecule has 0 amide bonds. The summed E-state index contributed by atoms with van der Waals surface area (Å²) in [5.74, 6) is 0. The maximum atomic E-state index is 2.56. The van der Waals surface area contributed by atoms with Crippen LogP contribution in [0.15, 0.2) is 12.1 Å². The van der Waals surface area contributed by atoms with Gasteiger partial charge in [0.25, 0.3) is 0 Å². The number of hydrogen-bond donors (Lipinski definition) is 0. The molecule has 0 saturated heterocycles. The van der Waals surface area contributed by atoms with E-state index in [2.05, 4.69) is 39.8 Å². The maximum absolute atomic E-state index is 2.56. The molecule has 0 fully saturated rings. The summed E-state index contributed by atoms with van der Waals surface area (Å²) < 4.78 is 0. The Morgan fingerprint density at radius 3 is 0.941 bits per heavy atom. The smallest absolute Gasteiger partial charge is 0.0273 e. The molecule has 0 N–H and O–H groups in total. The molecule has 1 rings (SSSR count).